The summed E-state index contributed by atoms with van der Waals surface area (Å²) in [7, 11) is 0. The van der Waals surface area contributed by atoms with Crippen LogP contribution in [-0.2, 0) is 9.53 Å². The lowest BCUT2D eigenvalue weighted by atomic mass is 10.2. The van der Waals surface area contributed by atoms with Gasteiger partial charge >= 0.3 is 0 Å². The summed E-state index contributed by atoms with van der Waals surface area (Å²) in [6.07, 6.45) is 4.40. The Morgan fingerprint density at radius 1 is 1.29 bits per heavy atom. The van der Waals surface area contributed by atoms with Gasteiger partial charge in [0.05, 0.1) is 0 Å². The van der Waals surface area contributed by atoms with Crippen LogP contribution in [0.25, 0.3) is 0 Å². The number of hydrogen-bond acceptors (Lipinski definition) is 5. The van der Waals surface area contributed by atoms with Gasteiger partial charge in [-0.05, 0) is 32.3 Å². The zero-order valence-electron chi connectivity index (χ0n) is 12.5. The molecule has 0 radical (unpaired) electrons. The number of carbonyl (C=O) groups excluding carboxylic acids is 1. The molecular formula is C15H22N4O2. The van der Waals surface area contributed by atoms with Crippen molar-refractivity contribution >= 4 is 11.7 Å². The predicted octanol–water partition coefficient (Wildman–Crippen LogP) is 1.00. The van der Waals surface area contributed by atoms with E-state index in [1.165, 1.54) is 0 Å². The first-order valence-electron chi connectivity index (χ1n) is 7.69. The topological polar surface area (TPSA) is 58.6 Å². The van der Waals surface area contributed by atoms with E-state index in [9.17, 15) is 4.79 Å². The first kappa shape index (κ1) is 14.3. The SMILES string of the molecule is Cc1nccc(N2CCCN(C(=O)C3CCCO3)CC2)n1. The van der Waals surface area contributed by atoms with E-state index in [2.05, 4.69) is 14.9 Å². The smallest absolute Gasteiger partial charge is 0.251 e. The van der Waals surface area contributed by atoms with E-state index in [1.807, 2.05) is 17.9 Å². The number of anilines is 1. The second kappa shape index (κ2) is 6.39. The van der Waals surface area contributed by atoms with Gasteiger partial charge in [0.25, 0.3) is 5.91 Å². The fourth-order valence-corrected chi connectivity index (χ4v) is 2.96. The van der Waals surface area contributed by atoms with Gasteiger partial charge in [0.15, 0.2) is 0 Å². The second-order valence-electron chi connectivity index (χ2n) is 5.63. The van der Waals surface area contributed by atoms with E-state index < -0.39 is 0 Å². The molecule has 0 aliphatic carbocycles. The van der Waals surface area contributed by atoms with Crippen molar-refractivity contribution < 1.29 is 9.53 Å². The lowest BCUT2D eigenvalue weighted by molar-refractivity contribution is -0.140. The van der Waals surface area contributed by atoms with Gasteiger partial charge in [0.1, 0.15) is 17.7 Å². The van der Waals surface area contributed by atoms with Gasteiger partial charge in [-0.3, -0.25) is 4.79 Å². The molecule has 21 heavy (non-hydrogen) atoms. The molecule has 2 fully saturated rings. The molecule has 2 saturated heterocycles. The van der Waals surface area contributed by atoms with Crippen LogP contribution in [0.2, 0.25) is 0 Å². The summed E-state index contributed by atoms with van der Waals surface area (Å²) in [5, 5.41) is 0. The Labute approximate surface area is 125 Å². The Balaban J connectivity index is 1.62. The second-order valence-corrected chi connectivity index (χ2v) is 5.63. The van der Waals surface area contributed by atoms with E-state index in [0.717, 1.165) is 63.7 Å². The fraction of sp³-hybridized carbons (Fsp3) is 0.667. The molecule has 0 bridgehead atoms. The lowest BCUT2D eigenvalue weighted by Crippen LogP contribution is -2.41. The molecule has 2 aliphatic rings. The van der Waals surface area contributed by atoms with E-state index in [0.29, 0.717) is 0 Å². The van der Waals surface area contributed by atoms with Crippen LogP contribution >= 0.6 is 0 Å². The van der Waals surface area contributed by atoms with Crippen molar-refractivity contribution in [2.75, 3.05) is 37.7 Å². The van der Waals surface area contributed by atoms with E-state index in [-0.39, 0.29) is 12.0 Å². The molecule has 3 rings (SSSR count). The van der Waals surface area contributed by atoms with Crippen molar-refractivity contribution in [3.05, 3.63) is 18.1 Å². The zero-order valence-corrected chi connectivity index (χ0v) is 12.5. The summed E-state index contributed by atoms with van der Waals surface area (Å²) < 4.78 is 5.51. The van der Waals surface area contributed by atoms with Gasteiger partial charge in [0.2, 0.25) is 0 Å². The number of hydrogen-bond donors (Lipinski definition) is 0. The minimum atomic E-state index is -0.210. The molecule has 0 spiro atoms. The molecule has 0 N–H and O–H groups in total. The molecule has 0 saturated carbocycles. The van der Waals surface area contributed by atoms with Crippen LogP contribution in [0.4, 0.5) is 5.82 Å². The number of rotatable bonds is 2. The van der Waals surface area contributed by atoms with Crippen molar-refractivity contribution in [1.29, 1.82) is 0 Å². The number of ether oxygens (including phenoxy) is 1. The van der Waals surface area contributed by atoms with Gasteiger partial charge in [-0.25, -0.2) is 9.97 Å². The third kappa shape index (κ3) is 3.32. The van der Waals surface area contributed by atoms with Crippen molar-refractivity contribution in [2.24, 2.45) is 0 Å². The highest BCUT2D eigenvalue weighted by atomic mass is 16.5. The fourth-order valence-electron chi connectivity index (χ4n) is 2.96. The highest BCUT2D eigenvalue weighted by Gasteiger charge is 2.29. The Bertz CT molecular complexity index is 502. The van der Waals surface area contributed by atoms with Crippen LogP contribution in [0, 0.1) is 6.92 Å². The average Bonchev–Trinajstić information content (AvgIpc) is 2.91. The van der Waals surface area contributed by atoms with Gasteiger partial charge in [-0.2, -0.15) is 0 Å². The molecular weight excluding hydrogens is 268 g/mol. The molecule has 3 heterocycles. The number of nitrogens with zero attached hydrogens (tertiary/aromatic N) is 4. The summed E-state index contributed by atoms with van der Waals surface area (Å²) in [5.41, 5.74) is 0. The van der Waals surface area contributed by atoms with E-state index in [4.69, 9.17) is 4.74 Å². The molecule has 1 unspecified atom stereocenters. The molecule has 114 valence electrons. The van der Waals surface area contributed by atoms with Crippen LogP contribution in [0.3, 0.4) is 0 Å². The zero-order chi connectivity index (χ0) is 14.7. The monoisotopic (exact) mass is 290 g/mol. The molecule has 6 heteroatoms. The first-order valence-corrected chi connectivity index (χ1v) is 7.69. The molecule has 0 aromatic carbocycles. The number of aromatic nitrogens is 2. The van der Waals surface area contributed by atoms with Crippen LogP contribution in [0.15, 0.2) is 12.3 Å². The summed E-state index contributed by atoms with van der Waals surface area (Å²) in [6.45, 7) is 5.90. The van der Waals surface area contributed by atoms with Crippen LogP contribution in [0.5, 0.6) is 0 Å². The Morgan fingerprint density at radius 3 is 2.95 bits per heavy atom. The van der Waals surface area contributed by atoms with Crippen molar-refractivity contribution in [1.82, 2.24) is 14.9 Å². The highest BCUT2D eigenvalue weighted by Crippen LogP contribution is 2.18. The summed E-state index contributed by atoms with van der Waals surface area (Å²) >= 11 is 0. The summed E-state index contributed by atoms with van der Waals surface area (Å²) in [5.74, 6) is 1.89. The number of amides is 1. The maximum absolute atomic E-state index is 12.4. The maximum atomic E-state index is 12.4. The summed E-state index contributed by atoms with van der Waals surface area (Å²) in [4.78, 5) is 25.2. The quantitative estimate of drug-likeness (QED) is 0.813. The first-order chi connectivity index (χ1) is 10.2. The van der Waals surface area contributed by atoms with Gasteiger partial charge in [0, 0.05) is 39.0 Å². The largest absolute Gasteiger partial charge is 0.368 e. The molecule has 1 amide bonds. The van der Waals surface area contributed by atoms with E-state index >= 15 is 0 Å². The molecule has 6 nitrogen and oxygen atoms in total. The van der Waals surface area contributed by atoms with Gasteiger partial charge < -0.3 is 14.5 Å². The van der Waals surface area contributed by atoms with Crippen LogP contribution < -0.4 is 4.90 Å². The van der Waals surface area contributed by atoms with Gasteiger partial charge in [-0.15, -0.1) is 0 Å². The highest BCUT2D eigenvalue weighted by molar-refractivity contribution is 5.81. The normalized spacial score (nSPS) is 23.2. The van der Waals surface area contributed by atoms with Crippen molar-refractivity contribution in [2.45, 2.75) is 32.3 Å². The molecule has 1 aromatic heterocycles. The minimum Gasteiger partial charge on any atom is -0.368 e. The standard InChI is InChI=1S/C15H22N4O2/c1-12-16-6-5-14(17-12)18-7-3-8-19(10-9-18)15(20)13-4-2-11-21-13/h5-6,13H,2-4,7-11H2,1H3. The molecule has 1 atom stereocenters. The van der Waals surface area contributed by atoms with Crippen molar-refractivity contribution in [3.63, 3.8) is 0 Å². The molecule has 1 aromatic rings. The summed E-state index contributed by atoms with van der Waals surface area (Å²) in [6, 6.07) is 1.94. The van der Waals surface area contributed by atoms with E-state index in [1.54, 1.807) is 6.20 Å². The Morgan fingerprint density at radius 2 is 2.19 bits per heavy atom. The third-order valence-electron chi connectivity index (χ3n) is 4.10. The van der Waals surface area contributed by atoms with Crippen LogP contribution in [-0.4, -0.2) is 59.7 Å². The number of aryl methyl sites for hydroxylation is 1. The average molecular weight is 290 g/mol. The Kier molecular flexibility index (Phi) is 4.34. The Hall–Kier alpha value is -1.69. The maximum Gasteiger partial charge on any atom is 0.251 e. The van der Waals surface area contributed by atoms with Gasteiger partial charge in [-0.1, -0.05) is 0 Å². The predicted molar refractivity (Wildman–Crippen MR) is 79.2 cm³/mol. The van der Waals surface area contributed by atoms with Crippen molar-refractivity contribution in [3.8, 4) is 0 Å². The third-order valence-corrected chi connectivity index (χ3v) is 4.10. The lowest BCUT2D eigenvalue weighted by Gasteiger charge is -2.24. The minimum absolute atomic E-state index is 0.160. The van der Waals surface area contributed by atoms with Crippen LogP contribution in [0.1, 0.15) is 25.1 Å². The number of carbonyl (C=O) groups is 1. The molecule has 2 aliphatic heterocycles.